The van der Waals surface area contributed by atoms with Gasteiger partial charge in [0.25, 0.3) is 0 Å². The maximum Gasteiger partial charge on any atom is 0.150 e. The lowest BCUT2D eigenvalue weighted by Gasteiger charge is -2.04. The highest BCUT2D eigenvalue weighted by molar-refractivity contribution is 5.74. The zero-order chi connectivity index (χ0) is 12.8. The summed E-state index contributed by atoms with van der Waals surface area (Å²) in [5.41, 5.74) is 3.26. The Hall–Kier alpha value is -2.09. The number of aryl methyl sites for hydroxylation is 2. The molecule has 0 aliphatic rings. The van der Waals surface area contributed by atoms with Crippen LogP contribution < -0.4 is 4.74 Å². The number of carbonyl (C=O) groups is 1. The van der Waals surface area contributed by atoms with E-state index in [1.807, 2.05) is 36.4 Å². The monoisotopic (exact) mass is 240 g/mol. The van der Waals surface area contributed by atoms with Crippen molar-refractivity contribution in [3.63, 3.8) is 0 Å². The van der Waals surface area contributed by atoms with Gasteiger partial charge >= 0.3 is 0 Å². The maximum absolute atomic E-state index is 10.5. The average Bonchev–Trinajstić information content (AvgIpc) is 2.46. The highest BCUT2D eigenvalue weighted by atomic mass is 16.5. The Balaban J connectivity index is 1.95. The number of hydrogen-bond acceptors (Lipinski definition) is 2. The topological polar surface area (TPSA) is 26.3 Å². The number of methoxy groups -OCH3 is 1. The van der Waals surface area contributed by atoms with Crippen molar-refractivity contribution in [2.45, 2.75) is 12.8 Å². The Morgan fingerprint density at radius 1 is 0.889 bits per heavy atom. The van der Waals surface area contributed by atoms with Gasteiger partial charge in [-0.15, -0.1) is 0 Å². The molecule has 0 unspecified atom stereocenters. The summed E-state index contributed by atoms with van der Waals surface area (Å²) in [4.78, 5) is 10.5. The maximum atomic E-state index is 10.5. The van der Waals surface area contributed by atoms with E-state index in [9.17, 15) is 4.79 Å². The van der Waals surface area contributed by atoms with Crippen molar-refractivity contribution in [2.24, 2.45) is 0 Å². The third-order valence-corrected chi connectivity index (χ3v) is 2.98. The van der Waals surface area contributed by atoms with Crippen molar-refractivity contribution in [2.75, 3.05) is 7.11 Å². The first-order valence-electron chi connectivity index (χ1n) is 5.99. The predicted molar refractivity (Wildman–Crippen MR) is 72.2 cm³/mol. The van der Waals surface area contributed by atoms with Crippen molar-refractivity contribution in [1.82, 2.24) is 0 Å². The zero-order valence-electron chi connectivity index (χ0n) is 10.4. The van der Waals surface area contributed by atoms with Crippen LogP contribution in [-0.4, -0.2) is 13.4 Å². The Morgan fingerprint density at radius 3 is 1.83 bits per heavy atom. The van der Waals surface area contributed by atoms with Crippen molar-refractivity contribution in [1.29, 1.82) is 0 Å². The second-order valence-electron chi connectivity index (χ2n) is 4.21. The molecular weight excluding hydrogens is 224 g/mol. The molecule has 0 amide bonds. The van der Waals surface area contributed by atoms with Crippen molar-refractivity contribution >= 4 is 6.29 Å². The first-order valence-corrected chi connectivity index (χ1v) is 5.99. The Labute approximate surface area is 107 Å². The molecule has 0 spiro atoms. The lowest BCUT2D eigenvalue weighted by molar-refractivity contribution is 0.112. The molecule has 0 aliphatic carbocycles. The summed E-state index contributed by atoms with van der Waals surface area (Å²) in [6.45, 7) is 0. The van der Waals surface area contributed by atoms with Crippen LogP contribution in [-0.2, 0) is 12.8 Å². The summed E-state index contributed by atoms with van der Waals surface area (Å²) in [6, 6.07) is 15.8. The van der Waals surface area contributed by atoms with Crippen LogP contribution in [0.1, 0.15) is 21.5 Å². The van der Waals surface area contributed by atoms with Crippen molar-refractivity contribution in [3.8, 4) is 5.75 Å². The van der Waals surface area contributed by atoms with Crippen LogP contribution in [0.25, 0.3) is 0 Å². The van der Waals surface area contributed by atoms with Gasteiger partial charge in [-0.25, -0.2) is 0 Å². The molecule has 2 aromatic rings. The Bertz CT molecular complexity index is 498. The van der Waals surface area contributed by atoms with Gasteiger partial charge < -0.3 is 4.74 Å². The van der Waals surface area contributed by atoms with Crippen LogP contribution in [0.5, 0.6) is 5.75 Å². The van der Waals surface area contributed by atoms with Gasteiger partial charge in [0, 0.05) is 5.56 Å². The van der Waals surface area contributed by atoms with E-state index < -0.39 is 0 Å². The van der Waals surface area contributed by atoms with Crippen LogP contribution in [0, 0.1) is 0 Å². The van der Waals surface area contributed by atoms with Gasteiger partial charge in [0.1, 0.15) is 12.0 Å². The Morgan fingerprint density at radius 2 is 1.39 bits per heavy atom. The molecule has 2 aromatic carbocycles. The van der Waals surface area contributed by atoms with Crippen LogP contribution >= 0.6 is 0 Å². The van der Waals surface area contributed by atoms with E-state index in [0.29, 0.717) is 0 Å². The highest BCUT2D eigenvalue weighted by Gasteiger charge is 1.97. The molecule has 0 N–H and O–H groups in total. The number of aldehydes is 1. The van der Waals surface area contributed by atoms with E-state index in [2.05, 4.69) is 12.1 Å². The number of benzene rings is 2. The summed E-state index contributed by atoms with van der Waals surface area (Å²) in [7, 11) is 1.67. The lowest BCUT2D eigenvalue weighted by Crippen LogP contribution is -1.92. The molecule has 0 heterocycles. The van der Waals surface area contributed by atoms with Gasteiger partial charge in [0.15, 0.2) is 0 Å². The molecule has 0 radical (unpaired) electrons. The van der Waals surface area contributed by atoms with Crippen molar-refractivity contribution in [3.05, 3.63) is 65.2 Å². The molecule has 0 aromatic heterocycles. The molecule has 0 saturated carbocycles. The number of hydrogen-bond donors (Lipinski definition) is 0. The summed E-state index contributed by atoms with van der Waals surface area (Å²) in [6.07, 6.45) is 2.84. The van der Waals surface area contributed by atoms with Crippen LogP contribution in [0.3, 0.4) is 0 Å². The van der Waals surface area contributed by atoms with E-state index in [4.69, 9.17) is 4.74 Å². The fourth-order valence-electron chi connectivity index (χ4n) is 1.84. The van der Waals surface area contributed by atoms with Crippen LogP contribution in [0.15, 0.2) is 48.5 Å². The normalized spacial score (nSPS) is 10.1. The SMILES string of the molecule is COc1ccc(CCc2ccc(C=O)cc2)cc1. The number of carbonyl (C=O) groups excluding carboxylic acids is 1. The third kappa shape index (κ3) is 3.20. The first-order chi connectivity index (χ1) is 8.81. The van der Waals surface area contributed by atoms with Crippen molar-refractivity contribution < 1.29 is 9.53 Å². The molecule has 2 nitrogen and oxygen atoms in total. The molecule has 92 valence electrons. The molecule has 2 heteroatoms. The molecule has 0 bridgehead atoms. The quantitative estimate of drug-likeness (QED) is 0.750. The smallest absolute Gasteiger partial charge is 0.150 e. The molecule has 0 saturated heterocycles. The summed E-state index contributed by atoms with van der Waals surface area (Å²) in [5.74, 6) is 0.883. The van der Waals surface area contributed by atoms with Gasteiger partial charge in [0.05, 0.1) is 7.11 Å². The standard InChI is InChI=1S/C16H16O2/c1-18-16-10-8-14(9-11-16)3-2-13-4-6-15(12-17)7-5-13/h4-12H,2-3H2,1H3. The van der Waals surface area contributed by atoms with E-state index in [0.717, 1.165) is 30.4 Å². The second-order valence-corrected chi connectivity index (χ2v) is 4.21. The predicted octanol–water partition coefficient (Wildman–Crippen LogP) is 3.29. The summed E-state index contributed by atoms with van der Waals surface area (Å²) < 4.78 is 5.12. The van der Waals surface area contributed by atoms with Crippen LogP contribution in [0.2, 0.25) is 0 Å². The van der Waals surface area contributed by atoms with Gasteiger partial charge in [-0.1, -0.05) is 36.4 Å². The Kier molecular flexibility index (Phi) is 4.13. The van der Waals surface area contributed by atoms with E-state index in [1.54, 1.807) is 7.11 Å². The van der Waals surface area contributed by atoms with Gasteiger partial charge in [-0.3, -0.25) is 4.79 Å². The summed E-state index contributed by atoms with van der Waals surface area (Å²) in [5, 5.41) is 0. The molecular formula is C16H16O2. The van der Waals surface area contributed by atoms with E-state index in [-0.39, 0.29) is 0 Å². The minimum atomic E-state index is 0.725. The molecule has 18 heavy (non-hydrogen) atoms. The third-order valence-electron chi connectivity index (χ3n) is 2.98. The molecule has 0 fully saturated rings. The average molecular weight is 240 g/mol. The van der Waals surface area contributed by atoms with Gasteiger partial charge in [-0.05, 0) is 36.1 Å². The van der Waals surface area contributed by atoms with Crippen LogP contribution in [0.4, 0.5) is 0 Å². The number of rotatable bonds is 5. The fraction of sp³-hybridized carbons (Fsp3) is 0.188. The minimum absolute atomic E-state index is 0.725. The molecule has 0 atom stereocenters. The van der Waals surface area contributed by atoms with E-state index in [1.165, 1.54) is 11.1 Å². The first kappa shape index (κ1) is 12.4. The van der Waals surface area contributed by atoms with E-state index >= 15 is 0 Å². The largest absolute Gasteiger partial charge is 0.497 e. The van der Waals surface area contributed by atoms with Gasteiger partial charge in [-0.2, -0.15) is 0 Å². The lowest BCUT2D eigenvalue weighted by atomic mass is 10.0. The van der Waals surface area contributed by atoms with Gasteiger partial charge in [0.2, 0.25) is 0 Å². The number of ether oxygens (including phenoxy) is 1. The highest BCUT2D eigenvalue weighted by Crippen LogP contribution is 2.13. The zero-order valence-corrected chi connectivity index (χ0v) is 10.4. The second kappa shape index (κ2) is 6.01. The fourth-order valence-corrected chi connectivity index (χ4v) is 1.84. The molecule has 0 aliphatic heterocycles. The summed E-state index contributed by atoms with van der Waals surface area (Å²) >= 11 is 0. The molecule has 2 rings (SSSR count). The minimum Gasteiger partial charge on any atom is -0.497 e.